The van der Waals surface area contributed by atoms with E-state index in [4.69, 9.17) is 13.9 Å². The third-order valence-electron chi connectivity index (χ3n) is 2.25. The van der Waals surface area contributed by atoms with Crippen molar-refractivity contribution in [3.8, 4) is 5.75 Å². The number of rotatable bonds is 4. The highest BCUT2D eigenvalue weighted by molar-refractivity contribution is 9.11. The monoisotopic (exact) mass is 346 g/mol. The first-order valence-corrected chi connectivity index (χ1v) is 6.96. The molecule has 1 unspecified atom stereocenters. The van der Waals surface area contributed by atoms with Crippen LogP contribution in [0.15, 0.2) is 14.3 Å². The second-order valence-corrected chi connectivity index (χ2v) is 6.03. The highest BCUT2D eigenvalue weighted by Crippen LogP contribution is 2.35. The van der Waals surface area contributed by atoms with Crippen LogP contribution in [0.1, 0.15) is 34.5 Å². The van der Waals surface area contributed by atoms with E-state index in [1.54, 1.807) is 19.9 Å². The summed E-state index contributed by atoms with van der Waals surface area (Å²) in [5.41, 5.74) is 0. The predicted molar refractivity (Wildman–Crippen MR) is 71.4 cm³/mol. The zero-order valence-electron chi connectivity index (χ0n) is 10.5. The summed E-state index contributed by atoms with van der Waals surface area (Å²) in [5.74, 6) is 0.836. The number of aromatic nitrogens is 2. The van der Waals surface area contributed by atoms with Crippen LogP contribution in [0.25, 0.3) is 0 Å². The average Bonchev–Trinajstić information content (AvgIpc) is 2.95. The Labute approximate surface area is 121 Å². The summed E-state index contributed by atoms with van der Waals surface area (Å²) in [6.07, 6.45) is -0.597. The Morgan fingerprint density at radius 2 is 2.26 bits per heavy atom. The summed E-state index contributed by atoms with van der Waals surface area (Å²) in [4.78, 5) is 12.4. The summed E-state index contributed by atoms with van der Waals surface area (Å²) < 4.78 is 16.3. The minimum Gasteiger partial charge on any atom is -0.495 e. The van der Waals surface area contributed by atoms with Gasteiger partial charge in [-0.25, -0.2) is 4.79 Å². The Kier molecular flexibility index (Phi) is 4.20. The van der Waals surface area contributed by atoms with Crippen LogP contribution in [0.2, 0.25) is 0 Å². The van der Waals surface area contributed by atoms with E-state index in [0.29, 0.717) is 16.5 Å². The van der Waals surface area contributed by atoms with Crippen molar-refractivity contribution in [2.75, 3.05) is 7.11 Å². The van der Waals surface area contributed by atoms with Gasteiger partial charge in [0.2, 0.25) is 5.89 Å². The van der Waals surface area contributed by atoms with E-state index >= 15 is 0 Å². The largest absolute Gasteiger partial charge is 0.495 e. The number of carbonyl (C=O) groups is 1. The Bertz CT molecular complexity index is 595. The first-order valence-electron chi connectivity index (χ1n) is 5.35. The van der Waals surface area contributed by atoms with E-state index in [2.05, 4.69) is 26.1 Å². The lowest BCUT2D eigenvalue weighted by atomic mass is 10.4. The minimum atomic E-state index is -0.597. The van der Waals surface area contributed by atoms with Gasteiger partial charge in [-0.15, -0.1) is 21.5 Å². The minimum absolute atomic E-state index is 0.272. The quantitative estimate of drug-likeness (QED) is 0.791. The molecule has 2 rings (SSSR count). The number of thiophene rings is 1. The summed E-state index contributed by atoms with van der Waals surface area (Å²) in [5, 5.41) is 7.49. The molecule has 2 heterocycles. The molecule has 0 bridgehead atoms. The molecular formula is C11H11BrN2O4S. The SMILES string of the molecule is COc1cc(C(=O)OC(C)c2nnc(C)o2)sc1Br. The second-order valence-electron chi connectivity index (χ2n) is 3.66. The molecule has 0 aliphatic carbocycles. The molecule has 8 heteroatoms. The van der Waals surface area contributed by atoms with Crippen LogP contribution >= 0.6 is 27.3 Å². The van der Waals surface area contributed by atoms with Crippen LogP contribution in [0, 0.1) is 6.92 Å². The van der Waals surface area contributed by atoms with Crippen molar-refractivity contribution in [2.45, 2.75) is 20.0 Å². The number of hydrogen-bond acceptors (Lipinski definition) is 7. The standard InChI is InChI=1S/C11H11BrN2O4S/c1-5(10-14-13-6(2)18-10)17-11(15)8-4-7(16-3)9(12)19-8/h4-5H,1-3H3. The lowest BCUT2D eigenvalue weighted by molar-refractivity contribution is 0.0282. The number of carbonyl (C=O) groups excluding carboxylic acids is 1. The Balaban J connectivity index is 2.08. The molecule has 0 fully saturated rings. The van der Waals surface area contributed by atoms with E-state index in [0.717, 1.165) is 3.79 Å². The smallest absolute Gasteiger partial charge is 0.349 e. The molecular weight excluding hydrogens is 336 g/mol. The molecule has 0 aliphatic heterocycles. The van der Waals surface area contributed by atoms with E-state index in [1.165, 1.54) is 18.4 Å². The number of aryl methyl sites for hydroxylation is 1. The van der Waals surface area contributed by atoms with Crippen molar-refractivity contribution < 1.29 is 18.7 Å². The number of esters is 1. The molecule has 0 saturated heterocycles. The van der Waals surface area contributed by atoms with Gasteiger partial charge in [-0.1, -0.05) is 0 Å². The molecule has 102 valence electrons. The Hall–Kier alpha value is -1.41. The third kappa shape index (κ3) is 3.13. The third-order valence-corrected chi connectivity index (χ3v) is 4.01. The fourth-order valence-corrected chi connectivity index (χ4v) is 2.87. The van der Waals surface area contributed by atoms with Crippen LogP contribution in [0.5, 0.6) is 5.75 Å². The first-order chi connectivity index (χ1) is 9.01. The zero-order chi connectivity index (χ0) is 14.0. The maximum Gasteiger partial charge on any atom is 0.349 e. The number of nitrogens with zero attached hydrogens (tertiary/aromatic N) is 2. The molecule has 0 spiro atoms. The molecule has 6 nitrogen and oxygen atoms in total. The van der Waals surface area contributed by atoms with Gasteiger partial charge < -0.3 is 13.9 Å². The highest BCUT2D eigenvalue weighted by atomic mass is 79.9. The van der Waals surface area contributed by atoms with Crippen LogP contribution in [-0.4, -0.2) is 23.3 Å². The topological polar surface area (TPSA) is 74.5 Å². The molecule has 1 atom stereocenters. The van der Waals surface area contributed by atoms with E-state index in [-0.39, 0.29) is 5.89 Å². The van der Waals surface area contributed by atoms with Gasteiger partial charge in [0.1, 0.15) is 14.4 Å². The lowest BCUT2D eigenvalue weighted by Crippen LogP contribution is -2.08. The molecule has 0 aromatic carbocycles. The van der Waals surface area contributed by atoms with Crippen molar-refractivity contribution in [2.24, 2.45) is 0 Å². The molecule has 0 radical (unpaired) electrons. The normalized spacial score (nSPS) is 12.2. The van der Waals surface area contributed by atoms with Crippen molar-refractivity contribution in [1.29, 1.82) is 0 Å². The molecule has 2 aromatic rings. The van der Waals surface area contributed by atoms with E-state index in [1.807, 2.05) is 0 Å². The van der Waals surface area contributed by atoms with Gasteiger partial charge in [-0.3, -0.25) is 0 Å². The maximum atomic E-state index is 11.9. The molecule has 19 heavy (non-hydrogen) atoms. The van der Waals surface area contributed by atoms with E-state index < -0.39 is 12.1 Å². The van der Waals surface area contributed by atoms with E-state index in [9.17, 15) is 4.79 Å². The van der Waals surface area contributed by atoms with Crippen molar-refractivity contribution in [3.63, 3.8) is 0 Å². The summed E-state index contributed by atoms with van der Waals surface area (Å²) in [6, 6.07) is 1.61. The number of hydrogen-bond donors (Lipinski definition) is 0. The average molecular weight is 347 g/mol. The van der Waals surface area contributed by atoms with Crippen LogP contribution in [0.4, 0.5) is 0 Å². The molecule has 0 aliphatic rings. The van der Waals surface area contributed by atoms with Crippen molar-refractivity contribution >= 4 is 33.2 Å². The Morgan fingerprint density at radius 3 is 2.79 bits per heavy atom. The van der Waals surface area contributed by atoms with Gasteiger partial charge in [-0.05, 0) is 22.9 Å². The number of ether oxygens (including phenoxy) is 2. The van der Waals surface area contributed by atoms with Crippen molar-refractivity contribution in [3.05, 3.63) is 26.5 Å². The summed E-state index contributed by atoms with van der Waals surface area (Å²) >= 11 is 4.54. The molecule has 2 aromatic heterocycles. The fourth-order valence-electron chi connectivity index (χ4n) is 1.34. The van der Waals surface area contributed by atoms with Gasteiger partial charge in [0.15, 0.2) is 6.10 Å². The van der Waals surface area contributed by atoms with Gasteiger partial charge in [0.25, 0.3) is 5.89 Å². The van der Waals surface area contributed by atoms with Crippen LogP contribution in [0.3, 0.4) is 0 Å². The van der Waals surface area contributed by atoms with Crippen LogP contribution in [-0.2, 0) is 4.74 Å². The molecule has 0 amide bonds. The predicted octanol–water partition coefficient (Wildman–Crippen LogP) is 3.13. The first kappa shape index (κ1) is 14.0. The summed E-state index contributed by atoms with van der Waals surface area (Å²) in [6.45, 7) is 3.34. The lowest BCUT2D eigenvalue weighted by Gasteiger charge is -2.07. The zero-order valence-corrected chi connectivity index (χ0v) is 12.9. The van der Waals surface area contributed by atoms with Crippen LogP contribution < -0.4 is 4.74 Å². The Morgan fingerprint density at radius 1 is 1.53 bits per heavy atom. The van der Waals surface area contributed by atoms with Gasteiger partial charge in [-0.2, -0.15) is 0 Å². The van der Waals surface area contributed by atoms with Gasteiger partial charge in [0.05, 0.1) is 7.11 Å². The number of halogens is 1. The highest BCUT2D eigenvalue weighted by Gasteiger charge is 2.21. The van der Waals surface area contributed by atoms with Crippen molar-refractivity contribution in [1.82, 2.24) is 10.2 Å². The fraction of sp³-hybridized carbons (Fsp3) is 0.364. The maximum absolute atomic E-state index is 11.9. The summed E-state index contributed by atoms with van der Waals surface area (Å²) in [7, 11) is 1.53. The molecule has 0 saturated carbocycles. The molecule has 0 N–H and O–H groups in total. The van der Waals surface area contributed by atoms with Gasteiger partial charge >= 0.3 is 5.97 Å². The van der Waals surface area contributed by atoms with Gasteiger partial charge in [0, 0.05) is 13.0 Å². The second kappa shape index (κ2) is 5.70. The number of methoxy groups -OCH3 is 1.